The average molecular weight is 655 g/mol. The zero-order chi connectivity index (χ0) is 34.1. The predicted octanol–water partition coefficient (Wildman–Crippen LogP) is 8.24. The summed E-state index contributed by atoms with van der Waals surface area (Å²) in [5.74, 6) is 2.71. The Morgan fingerprint density at radius 3 is 1.76 bits per heavy atom. The molecule has 0 atom stereocenters. The van der Waals surface area contributed by atoms with E-state index in [0.29, 0.717) is 12.4 Å². The van der Waals surface area contributed by atoms with E-state index in [0.717, 1.165) is 69.2 Å². The molecule has 0 aliphatic carbocycles. The van der Waals surface area contributed by atoms with Crippen LogP contribution in [-0.2, 0) is 25.6 Å². The van der Waals surface area contributed by atoms with Gasteiger partial charge in [0, 0.05) is 19.0 Å². The molecule has 3 aromatic heterocycles. The van der Waals surface area contributed by atoms with Crippen LogP contribution < -0.4 is 0 Å². The molecule has 246 valence electrons. The van der Waals surface area contributed by atoms with Crippen molar-refractivity contribution in [3.63, 3.8) is 0 Å². The first-order valence-corrected chi connectivity index (χ1v) is 17.1. The number of tetrazole rings is 1. The third-order valence-electron chi connectivity index (χ3n) is 9.68. The standard InChI is InChI=1S/C42H38N8/c1-4-16-38-44-40-41(43-30(2)48(40)3)49(38)29-31-25-27-32(28-26-31)36-23-14-15-24-37(36)39-45-46-47-50(39)42(33-17-8-5-9-18-33,34-19-10-6-11-20-34)35-21-12-7-13-22-35/h5-15,17-28H,4,16,29H2,1-3H3. The topological polar surface area (TPSA) is 79.2 Å². The molecule has 8 rings (SSSR count). The number of benzene rings is 5. The first-order valence-electron chi connectivity index (χ1n) is 17.1. The molecule has 0 radical (unpaired) electrons. The van der Waals surface area contributed by atoms with Crippen LogP contribution in [0.1, 0.15) is 47.2 Å². The second-order valence-electron chi connectivity index (χ2n) is 12.7. The van der Waals surface area contributed by atoms with E-state index >= 15 is 0 Å². The average Bonchev–Trinajstić information content (AvgIpc) is 3.86. The third kappa shape index (κ3) is 5.20. The number of hydrogen-bond acceptors (Lipinski definition) is 5. The summed E-state index contributed by atoms with van der Waals surface area (Å²) >= 11 is 0. The first-order chi connectivity index (χ1) is 24.6. The second kappa shape index (κ2) is 13.0. The van der Waals surface area contributed by atoms with Crippen LogP contribution in [0, 0.1) is 6.92 Å². The van der Waals surface area contributed by atoms with Gasteiger partial charge >= 0.3 is 0 Å². The van der Waals surface area contributed by atoms with E-state index in [1.54, 1.807) is 0 Å². The van der Waals surface area contributed by atoms with Gasteiger partial charge in [0.15, 0.2) is 17.1 Å². The smallest absolute Gasteiger partial charge is 0.184 e. The number of hydrogen-bond donors (Lipinski definition) is 0. The molecule has 3 heterocycles. The van der Waals surface area contributed by atoms with Gasteiger partial charge in [-0.25, -0.2) is 14.6 Å². The quantitative estimate of drug-likeness (QED) is 0.139. The Morgan fingerprint density at radius 2 is 1.18 bits per heavy atom. The molecule has 5 aromatic carbocycles. The van der Waals surface area contributed by atoms with Gasteiger partial charge in [0.2, 0.25) is 0 Å². The lowest BCUT2D eigenvalue weighted by Gasteiger charge is -2.36. The third-order valence-corrected chi connectivity index (χ3v) is 9.68. The van der Waals surface area contributed by atoms with Crippen LogP contribution in [0.5, 0.6) is 0 Å². The minimum Gasteiger partial charge on any atom is -0.315 e. The molecule has 0 saturated carbocycles. The lowest BCUT2D eigenvalue weighted by Crippen LogP contribution is -2.39. The van der Waals surface area contributed by atoms with Gasteiger partial charge in [-0.3, -0.25) is 0 Å². The minimum absolute atomic E-state index is 0.678. The van der Waals surface area contributed by atoms with Crippen molar-refractivity contribution in [1.82, 2.24) is 39.3 Å². The molecule has 50 heavy (non-hydrogen) atoms. The highest BCUT2D eigenvalue weighted by Crippen LogP contribution is 2.43. The highest BCUT2D eigenvalue weighted by atomic mass is 15.6. The summed E-state index contributed by atoms with van der Waals surface area (Å²) in [6.45, 7) is 4.92. The summed E-state index contributed by atoms with van der Waals surface area (Å²) in [6.07, 6.45) is 1.93. The summed E-state index contributed by atoms with van der Waals surface area (Å²) in [4.78, 5) is 9.81. The molecular weight excluding hydrogens is 617 g/mol. The normalized spacial score (nSPS) is 11.7. The van der Waals surface area contributed by atoms with Crippen LogP contribution in [0.25, 0.3) is 33.8 Å². The van der Waals surface area contributed by atoms with Crippen molar-refractivity contribution in [2.45, 2.75) is 38.8 Å². The summed E-state index contributed by atoms with van der Waals surface area (Å²) in [5.41, 5.74) is 8.49. The molecule has 0 amide bonds. The molecule has 0 aliphatic heterocycles. The molecule has 0 unspecified atom stereocenters. The Morgan fingerprint density at radius 1 is 0.620 bits per heavy atom. The summed E-state index contributed by atoms with van der Waals surface area (Å²) in [6, 6.07) is 48.7. The van der Waals surface area contributed by atoms with Gasteiger partial charge in [0.25, 0.3) is 0 Å². The number of imidazole rings is 2. The van der Waals surface area contributed by atoms with Crippen molar-refractivity contribution < 1.29 is 0 Å². The van der Waals surface area contributed by atoms with Crippen molar-refractivity contribution in [1.29, 1.82) is 0 Å². The Kier molecular flexibility index (Phi) is 8.12. The number of fused-ring (bicyclic) bond motifs is 1. The zero-order valence-electron chi connectivity index (χ0n) is 28.5. The maximum atomic E-state index is 4.96. The van der Waals surface area contributed by atoms with E-state index in [2.05, 4.69) is 143 Å². The van der Waals surface area contributed by atoms with Gasteiger partial charge in [-0.2, -0.15) is 0 Å². The Hall–Kier alpha value is -6.15. The van der Waals surface area contributed by atoms with E-state index in [-0.39, 0.29) is 0 Å². The molecule has 8 aromatic rings. The molecule has 0 fully saturated rings. The van der Waals surface area contributed by atoms with E-state index in [4.69, 9.17) is 20.3 Å². The molecule has 8 nitrogen and oxygen atoms in total. The Labute approximate surface area is 291 Å². The number of aromatic nitrogens is 8. The van der Waals surface area contributed by atoms with E-state index < -0.39 is 5.54 Å². The maximum absolute atomic E-state index is 4.96. The van der Waals surface area contributed by atoms with Crippen LogP contribution in [-0.4, -0.2) is 39.3 Å². The highest BCUT2D eigenvalue weighted by Gasteiger charge is 2.42. The molecular formula is C42H38N8. The SMILES string of the molecule is CCCc1nc2c(nc(C)n2C)n1Cc1ccc(-c2ccccc2-c2nnnn2C(c2ccccc2)(c2ccccc2)c2ccccc2)cc1. The van der Waals surface area contributed by atoms with Crippen LogP contribution >= 0.6 is 0 Å². The monoisotopic (exact) mass is 654 g/mol. The fourth-order valence-electron chi connectivity index (χ4n) is 7.16. The summed E-state index contributed by atoms with van der Waals surface area (Å²) < 4.78 is 6.33. The highest BCUT2D eigenvalue weighted by molar-refractivity contribution is 5.81. The molecule has 0 aliphatic rings. The first kappa shape index (κ1) is 31.1. The number of aryl methyl sites for hydroxylation is 3. The molecule has 8 heteroatoms. The summed E-state index contributed by atoms with van der Waals surface area (Å²) in [7, 11) is 2.03. The Balaban J connectivity index is 1.24. The second-order valence-corrected chi connectivity index (χ2v) is 12.7. The van der Waals surface area contributed by atoms with Crippen LogP contribution in [0.2, 0.25) is 0 Å². The van der Waals surface area contributed by atoms with E-state index in [1.165, 1.54) is 5.56 Å². The predicted molar refractivity (Wildman–Crippen MR) is 198 cm³/mol. The minimum atomic E-state index is -0.838. The van der Waals surface area contributed by atoms with Crippen molar-refractivity contribution >= 4 is 11.3 Å². The number of rotatable bonds is 10. The van der Waals surface area contributed by atoms with Crippen LogP contribution in [0.4, 0.5) is 0 Å². The lowest BCUT2D eigenvalue weighted by atomic mass is 9.77. The zero-order valence-corrected chi connectivity index (χ0v) is 28.5. The van der Waals surface area contributed by atoms with Crippen molar-refractivity contribution in [3.05, 3.63) is 173 Å². The van der Waals surface area contributed by atoms with E-state index in [9.17, 15) is 0 Å². The van der Waals surface area contributed by atoms with Gasteiger partial charge < -0.3 is 9.13 Å². The molecule has 0 spiro atoms. The largest absolute Gasteiger partial charge is 0.315 e. The fraction of sp³-hybridized carbons (Fsp3) is 0.167. The van der Waals surface area contributed by atoms with Gasteiger partial charge in [-0.05, 0) is 57.2 Å². The summed E-state index contributed by atoms with van der Waals surface area (Å²) in [5, 5.41) is 13.8. The van der Waals surface area contributed by atoms with Gasteiger partial charge in [-0.1, -0.05) is 146 Å². The van der Waals surface area contributed by atoms with Crippen molar-refractivity contribution in [2.24, 2.45) is 7.05 Å². The molecule has 0 N–H and O–H groups in total. The lowest BCUT2D eigenvalue weighted by molar-refractivity contribution is 0.451. The van der Waals surface area contributed by atoms with Crippen molar-refractivity contribution in [3.8, 4) is 22.5 Å². The van der Waals surface area contributed by atoms with E-state index in [1.807, 2.05) is 36.9 Å². The molecule has 0 bridgehead atoms. The van der Waals surface area contributed by atoms with Crippen LogP contribution in [0.3, 0.4) is 0 Å². The van der Waals surface area contributed by atoms with Crippen molar-refractivity contribution in [2.75, 3.05) is 0 Å². The Bertz CT molecular complexity index is 2270. The van der Waals surface area contributed by atoms with Crippen LogP contribution in [0.15, 0.2) is 140 Å². The van der Waals surface area contributed by atoms with Gasteiger partial charge in [-0.15, -0.1) is 5.10 Å². The van der Waals surface area contributed by atoms with Gasteiger partial charge in [0.1, 0.15) is 17.2 Å². The number of nitrogens with zero attached hydrogens (tertiary/aromatic N) is 8. The molecule has 0 saturated heterocycles. The fourth-order valence-corrected chi connectivity index (χ4v) is 7.16. The van der Waals surface area contributed by atoms with Gasteiger partial charge in [0.05, 0.1) is 6.54 Å². The maximum Gasteiger partial charge on any atom is 0.184 e.